The van der Waals surface area contributed by atoms with E-state index in [9.17, 15) is 9.59 Å². The predicted molar refractivity (Wildman–Crippen MR) is 91.3 cm³/mol. The zero-order valence-electron chi connectivity index (χ0n) is 13.0. The van der Waals surface area contributed by atoms with Crippen LogP contribution in [0.3, 0.4) is 0 Å². The lowest BCUT2D eigenvalue weighted by Gasteiger charge is -2.32. The van der Waals surface area contributed by atoms with Gasteiger partial charge in [-0.3, -0.25) is 9.59 Å². The standard InChI is InChI=1S/C16H22N2O2S2/c1-16(2)15(20)18-12(9-22-16)14(19)17-7-10-8-21-13-6-4-3-5-11(10)13/h8,12H,3-7,9H2,1-2H3,(H,17,19)(H,18,20)/t12-/m1/s1. The summed E-state index contributed by atoms with van der Waals surface area (Å²) in [5, 5.41) is 8.00. The fraction of sp³-hybridized carbons (Fsp3) is 0.625. The number of hydrogen-bond donors (Lipinski definition) is 2. The van der Waals surface area contributed by atoms with Crippen molar-refractivity contribution in [3.8, 4) is 0 Å². The van der Waals surface area contributed by atoms with Crippen molar-refractivity contribution >= 4 is 34.9 Å². The molecule has 0 bridgehead atoms. The van der Waals surface area contributed by atoms with E-state index in [2.05, 4.69) is 16.0 Å². The molecule has 2 N–H and O–H groups in total. The van der Waals surface area contributed by atoms with Crippen molar-refractivity contribution in [3.05, 3.63) is 21.4 Å². The van der Waals surface area contributed by atoms with E-state index in [1.165, 1.54) is 35.3 Å². The van der Waals surface area contributed by atoms with E-state index in [4.69, 9.17) is 0 Å². The number of carbonyl (C=O) groups is 2. The lowest BCUT2D eigenvalue weighted by molar-refractivity contribution is -0.129. The molecular formula is C16H22N2O2S2. The summed E-state index contributed by atoms with van der Waals surface area (Å²) in [5.74, 6) is 0.496. The lowest BCUT2D eigenvalue weighted by Crippen LogP contribution is -2.57. The van der Waals surface area contributed by atoms with Crippen LogP contribution in [0.2, 0.25) is 0 Å². The van der Waals surface area contributed by atoms with Crippen molar-refractivity contribution in [2.75, 3.05) is 5.75 Å². The number of amides is 2. The molecule has 0 saturated carbocycles. The summed E-state index contributed by atoms with van der Waals surface area (Å²) in [6, 6.07) is -0.417. The molecule has 0 spiro atoms. The molecule has 1 aliphatic carbocycles. The molecule has 2 aliphatic rings. The Balaban J connectivity index is 1.57. The summed E-state index contributed by atoms with van der Waals surface area (Å²) in [7, 11) is 0. The highest BCUT2D eigenvalue weighted by molar-refractivity contribution is 8.01. The number of carbonyl (C=O) groups excluding carboxylic acids is 2. The molecule has 1 aromatic rings. The molecule has 0 unspecified atom stereocenters. The van der Waals surface area contributed by atoms with Crippen molar-refractivity contribution in [1.82, 2.24) is 10.6 Å². The third kappa shape index (κ3) is 3.18. The summed E-state index contributed by atoms with van der Waals surface area (Å²) in [6.45, 7) is 4.35. The number of thioether (sulfide) groups is 1. The average Bonchev–Trinajstić information content (AvgIpc) is 2.91. The second-order valence-corrected chi connectivity index (χ2v) is 9.04. The van der Waals surface area contributed by atoms with Crippen molar-refractivity contribution in [3.63, 3.8) is 0 Å². The van der Waals surface area contributed by atoms with Crippen LogP contribution >= 0.6 is 23.1 Å². The van der Waals surface area contributed by atoms with E-state index in [0.29, 0.717) is 12.3 Å². The van der Waals surface area contributed by atoms with Gasteiger partial charge in [0.2, 0.25) is 11.8 Å². The molecule has 2 amide bonds. The summed E-state index contributed by atoms with van der Waals surface area (Å²) >= 11 is 3.35. The Morgan fingerprint density at radius 1 is 1.41 bits per heavy atom. The molecule has 120 valence electrons. The van der Waals surface area contributed by atoms with Crippen LogP contribution in [0.15, 0.2) is 5.38 Å². The van der Waals surface area contributed by atoms with E-state index in [1.54, 1.807) is 11.8 Å². The Hall–Kier alpha value is -1.01. The second-order valence-electron chi connectivity index (χ2n) is 6.43. The number of thiophene rings is 1. The number of hydrogen-bond acceptors (Lipinski definition) is 4. The minimum absolute atomic E-state index is 0.0585. The summed E-state index contributed by atoms with van der Waals surface area (Å²) in [4.78, 5) is 25.7. The summed E-state index contributed by atoms with van der Waals surface area (Å²) < 4.78 is -0.441. The molecule has 1 atom stereocenters. The first-order valence-electron chi connectivity index (χ1n) is 7.78. The number of fused-ring (bicyclic) bond motifs is 1. The lowest BCUT2D eigenvalue weighted by atomic mass is 9.96. The van der Waals surface area contributed by atoms with Gasteiger partial charge >= 0.3 is 0 Å². The highest BCUT2D eigenvalue weighted by Crippen LogP contribution is 2.31. The Bertz CT molecular complexity index is 595. The van der Waals surface area contributed by atoms with Crippen molar-refractivity contribution in [2.24, 2.45) is 0 Å². The van der Waals surface area contributed by atoms with Gasteiger partial charge in [-0.15, -0.1) is 23.1 Å². The predicted octanol–water partition coefficient (Wildman–Crippen LogP) is 2.25. The molecule has 22 heavy (non-hydrogen) atoms. The first kappa shape index (κ1) is 15.9. The molecule has 1 fully saturated rings. The van der Waals surface area contributed by atoms with Crippen LogP contribution in [0.25, 0.3) is 0 Å². The summed E-state index contributed by atoms with van der Waals surface area (Å²) in [5.41, 5.74) is 2.70. The van der Waals surface area contributed by atoms with Gasteiger partial charge in [0.25, 0.3) is 0 Å². The van der Waals surface area contributed by atoms with E-state index in [1.807, 2.05) is 25.2 Å². The topological polar surface area (TPSA) is 58.2 Å². The Labute approximate surface area is 139 Å². The SMILES string of the molecule is CC1(C)SC[C@H](C(=O)NCc2csc3c2CCCC3)NC1=O. The maximum atomic E-state index is 12.3. The number of nitrogens with one attached hydrogen (secondary N) is 2. The highest BCUT2D eigenvalue weighted by atomic mass is 32.2. The third-order valence-electron chi connectivity index (χ3n) is 4.38. The molecule has 6 heteroatoms. The van der Waals surface area contributed by atoms with Crippen LogP contribution in [0.5, 0.6) is 0 Å². The maximum absolute atomic E-state index is 12.3. The molecule has 2 heterocycles. The van der Waals surface area contributed by atoms with E-state index in [-0.39, 0.29) is 11.8 Å². The Morgan fingerprint density at radius 3 is 2.95 bits per heavy atom. The van der Waals surface area contributed by atoms with E-state index < -0.39 is 10.8 Å². The van der Waals surface area contributed by atoms with Gasteiger partial charge in [0.15, 0.2) is 0 Å². The first-order chi connectivity index (χ1) is 10.5. The van der Waals surface area contributed by atoms with Crippen LogP contribution in [-0.4, -0.2) is 28.4 Å². The normalized spacial score (nSPS) is 23.5. The Morgan fingerprint density at radius 2 is 2.18 bits per heavy atom. The van der Waals surface area contributed by atoms with Gasteiger partial charge < -0.3 is 10.6 Å². The molecule has 0 aromatic carbocycles. The van der Waals surface area contributed by atoms with Gasteiger partial charge in [-0.1, -0.05) is 0 Å². The largest absolute Gasteiger partial charge is 0.350 e. The fourth-order valence-electron chi connectivity index (χ4n) is 2.89. The zero-order valence-corrected chi connectivity index (χ0v) is 14.7. The molecule has 1 aromatic heterocycles. The van der Waals surface area contributed by atoms with Crippen LogP contribution in [0.4, 0.5) is 0 Å². The second kappa shape index (κ2) is 6.24. The first-order valence-corrected chi connectivity index (χ1v) is 9.64. The van der Waals surface area contributed by atoms with Crippen LogP contribution in [-0.2, 0) is 29.0 Å². The number of rotatable bonds is 3. The minimum Gasteiger partial charge on any atom is -0.350 e. The maximum Gasteiger partial charge on any atom is 0.243 e. The van der Waals surface area contributed by atoms with Gasteiger partial charge in [0, 0.05) is 17.2 Å². The molecule has 1 aliphatic heterocycles. The highest BCUT2D eigenvalue weighted by Gasteiger charge is 2.37. The van der Waals surface area contributed by atoms with Crippen LogP contribution in [0.1, 0.15) is 42.7 Å². The quantitative estimate of drug-likeness (QED) is 0.889. The van der Waals surface area contributed by atoms with Gasteiger partial charge in [0.1, 0.15) is 6.04 Å². The molecular weight excluding hydrogens is 316 g/mol. The zero-order chi connectivity index (χ0) is 15.7. The van der Waals surface area contributed by atoms with E-state index in [0.717, 1.165) is 6.42 Å². The van der Waals surface area contributed by atoms with Gasteiger partial charge in [-0.25, -0.2) is 0 Å². The third-order valence-corrected chi connectivity index (χ3v) is 6.93. The minimum atomic E-state index is -0.441. The molecule has 0 radical (unpaired) electrons. The van der Waals surface area contributed by atoms with E-state index >= 15 is 0 Å². The average molecular weight is 338 g/mol. The van der Waals surface area contributed by atoms with Gasteiger partial charge in [-0.2, -0.15) is 0 Å². The smallest absolute Gasteiger partial charge is 0.243 e. The van der Waals surface area contributed by atoms with Crippen LogP contribution < -0.4 is 10.6 Å². The monoisotopic (exact) mass is 338 g/mol. The van der Waals surface area contributed by atoms with Gasteiger partial charge in [-0.05, 0) is 56.0 Å². The molecule has 4 nitrogen and oxygen atoms in total. The van der Waals surface area contributed by atoms with Crippen molar-refractivity contribution in [2.45, 2.75) is 56.9 Å². The fourth-order valence-corrected chi connectivity index (χ4v) is 5.04. The Kier molecular flexibility index (Phi) is 4.50. The van der Waals surface area contributed by atoms with Crippen molar-refractivity contribution in [1.29, 1.82) is 0 Å². The van der Waals surface area contributed by atoms with Gasteiger partial charge in [0.05, 0.1) is 4.75 Å². The van der Waals surface area contributed by atoms with Crippen LogP contribution in [0, 0.1) is 0 Å². The number of aryl methyl sites for hydroxylation is 1. The summed E-state index contributed by atoms with van der Waals surface area (Å²) in [6.07, 6.45) is 4.84. The molecule has 1 saturated heterocycles. The van der Waals surface area contributed by atoms with Crippen molar-refractivity contribution < 1.29 is 9.59 Å². The molecule has 3 rings (SSSR count).